The van der Waals surface area contributed by atoms with E-state index < -0.39 is 10.0 Å². The molecule has 0 fully saturated rings. The molecule has 6 heteroatoms. The molecule has 0 radical (unpaired) electrons. The van der Waals surface area contributed by atoms with Gasteiger partial charge >= 0.3 is 0 Å². The Labute approximate surface area is 172 Å². The average Bonchev–Trinajstić information content (AvgIpc) is 2.64. The van der Waals surface area contributed by atoms with Crippen LogP contribution in [0, 0.1) is 12.8 Å². The standard InChI is InChI=1S/C22H38N2O3S/c1-6-9-13-19(7-2)17-23-21(25)15-11-16-24(28(5,26)27)22-18(4)12-10-14-20(22)8-3/h10,12,14,19H,6-9,11,13,15-17H2,1-5H3,(H,23,25)/t19-/m0/s1. The summed E-state index contributed by atoms with van der Waals surface area (Å²) in [6, 6.07) is 5.85. The van der Waals surface area contributed by atoms with Gasteiger partial charge in [-0.2, -0.15) is 0 Å². The topological polar surface area (TPSA) is 66.5 Å². The number of nitrogens with one attached hydrogen (secondary N) is 1. The fourth-order valence-electron chi connectivity index (χ4n) is 3.48. The number of nitrogens with zero attached hydrogens (tertiary/aromatic N) is 1. The third-order valence-corrected chi connectivity index (χ3v) is 6.41. The van der Waals surface area contributed by atoms with Crippen LogP contribution in [-0.4, -0.2) is 33.7 Å². The zero-order chi connectivity index (χ0) is 21.2. The van der Waals surface area contributed by atoms with Gasteiger partial charge in [-0.05, 0) is 43.2 Å². The van der Waals surface area contributed by atoms with Crippen LogP contribution in [0.3, 0.4) is 0 Å². The third kappa shape index (κ3) is 7.82. The van der Waals surface area contributed by atoms with Crippen LogP contribution in [0.4, 0.5) is 5.69 Å². The highest BCUT2D eigenvalue weighted by Gasteiger charge is 2.21. The first kappa shape index (κ1) is 24.5. The summed E-state index contributed by atoms with van der Waals surface area (Å²) in [6.07, 6.45) is 7.40. The molecule has 1 aromatic carbocycles. The molecule has 1 amide bonds. The predicted octanol–water partition coefficient (Wildman–Crippen LogP) is 4.44. The molecule has 1 aromatic rings. The lowest BCUT2D eigenvalue weighted by molar-refractivity contribution is -0.121. The summed E-state index contributed by atoms with van der Waals surface area (Å²) in [5.41, 5.74) is 2.71. The number of hydrogen-bond acceptors (Lipinski definition) is 3. The van der Waals surface area contributed by atoms with Gasteiger partial charge in [-0.25, -0.2) is 8.42 Å². The summed E-state index contributed by atoms with van der Waals surface area (Å²) in [5, 5.41) is 3.02. The number of carbonyl (C=O) groups is 1. The van der Waals surface area contributed by atoms with Crippen molar-refractivity contribution in [2.75, 3.05) is 23.7 Å². The minimum atomic E-state index is -3.41. The molecule has 1 rings (SSSR count). The van der Waals surface area contributed by atoms with Crippen molar-refractivity contribution in [2.24, 2.45) is 5.92 Å². The largest absolute Gasteiger partial charge is 0.356 e. The zero-order valence-electron chi connectivity index (χ0n) is 18.3. The lowest BCUT2D eigenvalue weighted by Crippen LogP contribution is -2.34. The summed E-state index contributed by atoms with van der Waals surface area (Å²) < 4.78 is 26.3. The van der Waals surface area contributed by atoms with E-state index in [-0.39, 0.29) is 5.91 Å². The van der Waals surface area contributed by atoms with E-state index >= 15 is 0 Å². The Bertz CT molecular complexity index is 716. The number of carbonyl (C=O) groups excluding carboxylic acids is 1. The normalized spacial score (nSPS) is 12.6. The van der Waals surface area contributed by atoms with Gasteiger partial charge in [0.25, 0.3) is 0 Å². The number of benzene rings is 1. The van der Waals surface area contributed by atoms with E-state index in [1.165, 1.54) is 23.4 Å². The van der Waals surface area contributed by atoms with Gasteiger partial charge in [0.05, 0.1) is 11.9 Å². The lowest BCUT2D eigenvalue weighted by atomic mass is 9.99. The summed E-state index contributed by atoms with van der Waals surface area (Å²) in [6.45, 7) is 9.32. The number of anilines is 1. The Morgan fingerprint density at radius 3 is 2.46 bits per heavy atom. The quantitative estimate of drug-likeness (QED) is 0.523. The van der Waals surface area contributed by atoms with Gasteiger partial charge in [-0.3, -0.25) is 9.10 Å². The molecular weight excluding hydrogens is 372 g/mol. The third-order valence-electron chi connectivity index (χ3n) is 5.25. The fraction of sp³-hybridized carbons (Fsp3) is 0.682. The second-order valence-electron chi connectivity index (χ2n) is 7.60. The van der Waals surface area contributed by atoms with Crippen LogP contribution in [0.5, 0.6) is 0 Å². The van der Waals surface area contributed by atoms with Gasteiger partial charge in [0, 0.05) is 19.5 Å². The summed E-state index contributed by atoms with van der Waals surface area (Å²) in [4.78, 5) is 12.2. The molecule has 0 unspecified atom stereocenters. The lowest BCUT2D eigenvalue weighted by Gasteiger charge is -2.26. The second kappa shape index (κ2) is 12.1. The Morgan fingerprint density at radius 1 is 1.18 bits per heavy atom. The van der Waals surface area contributed by atoms with E-state index in [1.54, 1.807) is 0 Å². The summed E-state index contributed by atoms with van der Waals surface area (Å²) >= 11 is 0. The van der Waals surface area contributed by atoms with Crippen molar-refractivity contribution in [3.8, 4) is 0 Å². The van der Waals surface area contributed by atoms with Crippen LogP contribution in [-0.2, 0) is 21.2 Å². The fourth-order valence-corrected chi connectivity index (χ4v) is 4.53. The van der Waals surface area contributed by atoms with E-state index in [0.29, 0.717) is 31.8 Å². The van der Waals surface area contributed by atoms with Crippen molar-refractivity contribution in [3.63, 3.8) is 0 Å². The number of rotatable bonds is 13. The number of para-hydroxylation sites is 1. The van der Waals surface area contributed by atoms with Crippen molar-refractivity contribution < 1.29 is 13.2 Å². The molecule has 0 saturated carbocycles. The molecule has 0 aromatic heterocycles. The summed E-state index contributed by atoms with van der Waals surface area (Å²) in [5.74, 6) is 0.527. The van der Waals surface area contributed by atoms with Gasteiger partial charge in [0.2, 0.25) is 15.9 Å². The van der Waals surface area contributed by atoms with E-state index in [4.69, 9.17) is 0 Å². The zero-order valence-corrected chi connectivity index (χ0v) is 19.1. The van der Waals surface area contributed by atoms with Crippen LogP contribution in [0.25, 0.3) is 0 Å². The first-order valence-corrected chi connectivity index (χ1v) is 12.4. The number of amides is 1. The highest BCUT2D eigenvalue weighted by molar-refractivity contribution is 7.92. The van der Waals surface area contributed by atoms with Crippen molar-refractivity contribution in [3.05, 3.63) is 29.3 Å². The highest BCUT2D eigenvalue weighted by Crippen LogP contribution is 2.28. The summed E-state index contributed by atoms with van der Waals surface area (Å²) in [7, 11) is -3.41. The van der Waals surface area contributed by atoms with E-state index in [2.05, 4.69) is 19.2 Å². The number of unbranched alkanes of at least 4 members (excludes halogenated alkanes) is 1. The van der Waals surface area contributed by atoms with Crippen LogP contribution in [0.2, 0.25) is 0 Å². The van der Waals surface area contributed by atoms with Gasteiger partial charge < -0.3 is 5.32 Å². The minimum absolute atomic E-state index is 0.00361. The van der Waals surface area contributed by atoms with Crippen LogP contribution < -0.4 is 9.62 Å². The number of hydrogen-bond donors (Lipinski definition) is 1. The van der Waals surface area contributed by atoms with Gasteiger partial charge in [0.15, 0.2) is 0 Å². The Hall–Kier alpha value is -1.56. The second-order valence-corrected chi connectivity index (χ2v) is 9.50. The van der Waals surface area contributed by atoms with E-state index in [9.17, 15) is 13.2 Å². The van der Waals surface area contributed by atoms with Crippen molar-refractivity contribution >= 4 is 21.6 Å². The van der Waals surface area contributed by atoms with Gasteiger partial charge in [0.1, 0.15) is 0 Å². The molecule has 0 aliphatic heterocycles. The maximum Gasteiger partial charge on any atom is 0.232 e. The van der Waals surface area contributed by atoms with Crippen LogP contribution >= 0.6 is 0 Å². The van der Waals surface area contributed by atoms with Crippen LogP contribution in [0.1, 0.15) is 70.4 Å². The van der Waals surface area contributed by atoms with E-state index in [0.717, 1.165) is 36.1 Å². The molecule has 0 spiro atoms. The maximum absolute atomic E-state index is 12.4. The maximum atomic E-state index is 12.4. The molecule has 0 heterocycles. The molecule has 0 saturated heterocycles. The minimum Gasteiger partial charge on any atom is -0.356 e. The molecule has 0 aliphatic carbocycles. The van der Waals surface area contributed by atoms with Crippen molar-refractivity contribution in [1.82, 2.24) is 5.32 Å². The molecule has 0 aliphatic rings. The Kier molecular flexibility index (Phi) is 10.6. The highest BCUT2D eigenvalue weighted by atomic mass is 32.2. The smallest absolute Gasteiger partial charge is 0.232 e. The molecule has 1 N–H and O–H groups in total. The molecule has 1 atom stereocenters. The Balaban J connectivity index is 2.68. The van der Waals surface area contributed by atoms with Crippen LogP contribution in [0.15, 0.2) is 18.2 Å². The first-order chi connectivity index (χ1) is 13.2. The Morgan fingerprint density at radius 2 is 1.89 bits per heavy atom. The predicted molar refractivity (Wildman–Crippen MR) is 118 cm³/mol. The van der Waals surface area contributed by atoms with Crippen molar-refractivity contribution in [1.29, 1.82) is 0 Å². The SMILES string of the molecule is CCCC[C@H](CC)CNC(=O)CCCN(c1c(C)cccc1CC)S(C)(=O)=O. The molecule has 0 bridgehead atoms. The number of aryl methyl sites for hydroxylation is 2. The van der Waals surface area contributed by atoms with Gasteiger partial charge in [-0.1, -0.05) is 58.2 Å². The number of sulfonamides is 1. The molecule has 5 nitrogen and oxygen atoms in total. The monoisotopic (exact) mass is 410 g/mol. The molecular formula is C22H38N2O3S. The molecule has 28 heavy (non-hydrogen) atoms. The molecule has 160 valence electrons. The van der Waals surface area contributed by atoms with E-state index in [1.807, 2.05) is 32.0 Å². The average molecular weight is 411 g/mol. The van der Waals surface area contributed by atoms with Gasteiger partial charge in [-0.15, -0.1) is 0 Å². The van der Waals surface area contributed by atoms with Crippen molar-refractivity contribution in [2.45, 2.75) is 72.6 Å². The first-order valence-electron chi connectivity index (χ1n) is 10.6.